The Morgan fingerprint density at radius 1 is 1.07 bits per heavy atom. The van der Waals surface area contributed by atoms with E-state index < -0.39 is 6.04 Å². The second kappa shape index (κ2) is 11.2. The van der Waals surface area contributed by atoms with Gasteiger partial charge in [0.2, 0.25) is 5.91 Å². The maximum atomic E-state index is 13.1. The molecule has 1 atom stereocenters. The van der Waals surface area contributed by atoms with Crippen LogP contribution in [0.25, 0.3) is 0 Å². The molecule has 30 heavy (non-hydrogen) atoms. The summed E-state index contributed by atoms with van der Waals surface area (Å²) >= 11 is 0. The van der Waals surface area contributed by atoms with Crippen LogP contribution in [0.2, 0.25) is 0 Å². The van der Waals surface area contributed by atoms with Crippen molar-refractivity contribution in [3.05, 3.63) is 59.7 Å². The Morgan fingerprint density at radius 2 is 1.77 bits per heavy atom. The molecular weight excluding hydrogens is 380 g/mol. The highest BCUT2D eigenvalue weighted by molar-refractivity contribution is 5.88. The summed E-state index contributed by atoms with van der Waals surface area (Å²) < 4.78 is 11.0. The van der Waals surface area contributed by atoms with Crippen LogP contribution in [-0.2, 0) is 16.1 Å². The molecule has 0 heterocycles. The number of ether oxygens (including phenoxy) is 2. The van der Waals surface area contributed by atoms with Crippen molar-refractivity contribution in [3.63, 3.8) is 0 Å². The van der Waals surface area contributed by atoms with E-state index in [-0.39, 0.29) is 25.0 Å². The second-order valence-corrected chi connectivity index (χ2v) is 7.42. The molecule has 2 amide bonds. The lowest BCUT2D eigenvalue weighted by molar-refractivity contribution is -0.142. The molecule has 0 spiro atoms. The van der Waals surface area contributed by atoms with Gasteiger partial charge in [-0.2, -0.15) is 0 Å². The number of methoxy groups -OCH3 is 1. The summed E-state index contributed by atoms with van der Waals surface area (Å²) in [4.78, 5) is 27.0. The first-order chi connectivity index (χ1) is 14.4. The Labute approximate surface area is 179 Å². The van der Waals surface area contributed by atoms with Gasteiger partial charge in [-0.05, 0) is 47.7 Å². The predicted octanol–water partition coefficient (Wildman–Crippen LogP) is 3.75. The lowest BCUT2D eigenvalue weighted by Gasteiger charge is -2.30. The molecule has 0 aliphatic heterocycles. The summed E-state index contributed by atoms with van der Waals surface area (Å²) in [6.45, 7) is 6.28. The number of carbonyl (C=O) groups excluding carboxylic acids is 2. The molecule has 0 saturated carbocycles. The van der Waals surface area contributed by atoms with Crippen molar-refractivity contribution in [1.82, 2.24) is 10.2 Å². The number of carbonyl (C=O) groups is 2. The van der Waals surface area contributed by atoms with E-state index in [9.17, 15) is 9.59 Å². The quantitative estimate of drug-likeness (QED) is 0.645. The minimum atomic E-state index is -0.583. The Hall–Kier alpha value is -3.02. The van der Waals surface area contributed by atoms with Crippen molar-refractivity contribution in [1.29, 1.82) is 0 Å². The van der Waals surface area contributed by atoms with Crippen LogP contribution in [0, 0.1) is 0 Å². The maximum absolute atomic E-state index is 13.1. The maximum Gasteiger partial charge on any atom is 0.261 e. The highest BCUT2D eigenvalue weighted by Crippen LogP contribution is 2.20. The topological polar surface area (TPSA) is 67.9 Å². The molecule has 1 unspecified atom stereocenters. The zero-order chi connectivity index (χ0) is 22.1. The van der Waals surface area contributed by atoms with Crippen LogP contribution in [0.15, 0.2) is 48.5 Å². The summed E-state index contributed by atoms with van der Waals surface area (Å²) in [5.41, 5.74) is 2.09. The van der Waals surface area contributed by atoms with Gasteiger partial charge in [-0.25, -0.2) is 0 Å². The van der Waals surface area contributed by atoms with Gasteiger partial charge in [-0.1, -0.05) is 45.0 Å². The molecule has 0 radical (unpaired) electrons. The van der Waals surface area contributed by atoms with E-state index in [0.29, 0.717) is 23.8 Å². The fourth-order valence-electron chi connectivity index (χ4n) is 3.23. The summed E-state index contributed by atoms with van der Waals surface area (Å²) in [5.74, 6) is 1.31. The molecule has 0 aliphatic carbocycles. The van der Waals surface area contributed by atoms with E-state index >= 15 is 0 Å². The van der Waals surface area contributed by atoms with Crippen LogP contribution in [0.5, 0.6) is 11.5 Å². The molecule has 2 aromatic rings. The average Bonchev–Trinajstić information content (AvgIpc) is 2.77. The Balaban J connectivity index is 2.17. The molecule has 0 bridgehead atoms. The number of hydrogen-bond acceptors (Lipinski definition) is 4. The molecule has 0 aliphatic rings. The van der Waals surface area contributed by atoms with Crippen molar-refractivity contribution in [2.75, 3.05) is 20.8 Å². The summed E-state index contributed by atoms with van der Waals surface area (Å²) in [6.07, 6.45) is 0.498. The van der Waals surface area contributed by atoms with Crippen LogP contribution >= 0.6 is 0 Å². The van der Waals surface area contributed by atoms with Gasteiger partial charge in [0.25, 0.3) is 5.91 Å². The minimum absolute atomic E-state index is 0.140. The minimum Gasteiger partial charge on any atom is -0.497 e. The molecule has 2 rings (SSSR count). The number of likely N-dealkylation sites (N-methyl/N-ethyl adjacent to an activating group) is 1. The number of hydrogen-bond donors (Lipinski definition) is 1. The van der Waals surface area contributed by atoms with Crippen LogP contribution in [0.4, 0.5) is 0 Å². The SMILES string of the molecule is CCC(C(=O)NC)N(Cc1cccc(OC)c1)C(=O)COc1ccc(C(C)C)cc1. The van der Waals surface area contributed by atoms with Crippen molar-refractivity contribution in [2.24, 2.45) is 0 Å². The van der Waals surface area contributed by atoms with Gasteiger partial charge < -0.3 is 19.7 Å². The zero-order valence-corrected chi connectivity index (χ0v) is 18.5. The molecule has 162 valence electrons. The predicted molar refractivity (Wildman–Crippen MR) is 118 cm³/mol. The fourth-order valence-corrected chi connectivity index (χ4v) is 3.23. The number of nitrogens with one attached hydrogen (secondary N) is 1. The largest absolute Gasteiger partial charge is 0.497 e. The summed E-state index contributed by atoms with van der Waals surface area (Å²) in [5, 5.41) is 2.65. The first-order valence-electron chi connectivity index (χ1n) is 10.3. The molecule has 0 fully saturated rings. The highest BCUT2D eigenvalue weighted by Gasteiger charge is 2.28. The molecule has 6 heteroatoms. The number of rotatable bonds is 10. The fraction of sp³-hybridized carbons (Fsp3) is 0.417. The van der Waals surface area contributed by atoms with Crippen molar-refractivity contribution in [2.45, 2.75) is 45.7 Å². The van der Waals surface area contributed by atoms with E-state index in [4.69, 9.17) is 9.47 Å². The highest BCUT2D eigenvalue weighted by atomic mass is 16.5. The number of benzene rings is 2. The van der Waals surface area contributed by atoms with Gasteiger partial charge >= 0.3 is 0 Å². The van der Waals surface area contributed by atoms with E-state index in [1.165, 1.54) is 5.56 Å². The molecule has 0 aromatic heterocycles. The van der Waals surface area contributed by atoms with Crippen LogP contribution in [0.3, 0.4) is 0 Å². The Morgan fingerprint density at radius 3 is 2.33 bits per heavy atom. The van der Waals surface area contributed by atoms with Gasteiger partial charge in [0.15, 0.2) is 6.61 Å². The molecular formula is C24H32N2O4. The third-order valence-corrected chi connectivity index (χ3v) is 5.03. The van der Waals surface area contributed by atoms with Gasteiger partial charge in [-0.3, -0.25) is 9.59 Å². The smallest absolute Gasteiger partial charge is 0.261 e. The average molecular weight is 413 g/mol. The van der Waals surface area contributed by atoms with E-state index in [0.717, 1.165) is 5.56 Å². The first-order valence-corrected chi connectivity index (χ1v) is 10.3. The van der Waals surface area contributed by atoms with Gasteiger partial charge in [-0.15, -0.1) is 0 Å². The lowest BCUT2D eigenvalue weighted by Crippen LogP contribution is -2.49. The second-order valence-electron chi connectivity index (χ2n) is 7.42. The Bertz CT molecular complexity index is 833. The molecule has 1 N–H and O–H groups in total. The van der Waals surface area contributed by atoms with Crippen LogP contribution in [0.1, 0.15) is 44.2 Å². The first kappa shape index (κ1) is 23.3. The van der Waals surface area contributed by atoms with E-state index in [1.807, 2.05) is 55.5 Å². The summed E-state index contributed by atoms with van der Waals surface area (Å²) in [6, 6.07) is 14.6. The van der Waals surface area contributed by atoms with Crippen molar-refractivity contribution in [3.8, 4) is 11.5 Å². The number of nitrogens with zero attached hydrogens (tertiary/aromatic N) is 1. The zero-order valence-electron chi connectivity index (χ0n) is 18.5. The molecule has 6 nitrogen and oxygen atoms in total. The van der Waals surface area contributed by atoms with E-state index in [1.54, 1.807) is 19.1 Å². The van der Waals surface area contributed by atoms with Crippen molar-refractivity contribution >= 4 is 11.8 Å². The standard InChI is InChI=1S/C24H32N2O4/c1-6-22(24(28)25-4)26(15-18-8-7-9-21(14-18)29-5)23(27)16-30-20-12-10-19(11-13-20)17(2)3/h7-14,17,22H,6,15-16H2,1-5H3,(H,25,28). The van der Waals surface area contributed by atoms with Gasteiger partial charge in [0.05, 0.1) is 7.11 Å². The third-order valence-electron chi connectivity index (χ3n) is 5.03. The third kappa shape index (κ3) is 6.24. The lowest BCUT2D eigenvalue weighted by atomic mass is 10.0. The van der Waals surface area contributed by atoms with Gasteiger partial charge in [0.1, 0.15) is 17.5 Å². The number of amides is 2. The summed E-state index contributed by atoms with van der Waals surface area (Å²) in [7, 11) is 3.17. The van der Waals surface area contributed by atoms with Crippen LogP contribution < -0.4 is 14.8 Å². The van der Waals surface area contributed by atoms with Crippen LogP contribution in [-0.4, -0.2) is 43.5 Å². The van der Waals surface area contributed by atoms with E-state index in [2.05, 4.69) is 19.2 Å². The monoisotopic (exact) mass is 412 g/mol. The molecule has 0 saturated heterocycles. The normalized spacial score (nSPS) is 11.7. The Kier molecular flexibility index (Phi) is 8.71. The van der Waals surface area contributed by atoms with Gasteiger partial charge in [0, 0.05) is 13.6 Å². The van der Waals surface area contributed by atoms with Crippen molar-refractivity contribution < 1.29 is 19.1 Å². The molecule has 2 aromatic carbocycles.